The minimum atomic E-state index is -0.975. The molecule has 0 radical (unpaired) electrons. The van der Waals surface area contributed by atoms with Crippen molar-refractivity contribution in [1.29, 1.82) is 0 Å². The third kappa shape index (κ3) is 2.28. The van der Waals surface area contributed by atoms with Crippen molar-refractivity contribution in [3.05, 3.63) is 0 Å². The normalized spacial score (nSPS) is 18.0. The molecule has 0 aliphatic heterocycles. The quantitative estimate of drug-likeness (QED) is 0.677. The molecule has 0 spiro atoms. The Morgan fingerprint density at radius 1 is 1.47 bits per heavy atom. The van der Waals surface area contributed by atoms with Gasteiger partial charge in [-0.1, -0.05) is 6.42 Å². The third-order valence-electron chi connectivity index (χ3n) is 3.15. The van der Waals surface area contributed by atoms with Gasteiger partial charge in [0.2, 0.25) is 5.91 Å². The van der Waals surface area contributed by atoms with Crippen LogP contribution in [0.5, 0.6) is 0 Å². The van der Waals surface area contributed by atoms with E-state index in [9.17, 15) is 9.59 Å². The first-order valence-corrected chi connectivity index (χ1v) is 5.27. The summed E-state index contributed by atoms with van der Waals surface area (Å²) in [7, 11) is 0. The first kappa shape index (κ1) is 12.0. The van der Waals surface area contributed by atoms with E-state index >= 15 is 0 Å². The lowest BCUT2D eigenvalue weighted by molar-refractivity contribution is -0.152. The maximum absolute atomic E-state index is 12.0. The van der Waals surface area contributed by atoms with Gasteiger partial charge in [-0.2, -0.15) is 0 Å². The Labute approximate surface area is 89.2 Å². The molecule has 0 aromatic carbocycles. The van der Waals surface area contributed by atoms with E-state index in [1.165, 1.54) is 4.90 Å². The standard InChI is InChI=1S/C10H18N2O3/c1-2-12(6-8(13)14)9(15)10(7-11)4-3-5-10/h2-7,11H2,1H3,(H,13,14). The summed E-state index contributed by atoms with van der Waals surface area (Å²) in [6.07, 6.45) is 2.59. The van der Waals surface area contributed by atoms with Crippen LogP contribution in [0.3, 0.4) is 0 Å². The minimum Gasteiger partial charge on any atom is -0.480 e. The average molecular weight is 214 g/mol. The molecule has 15 heavy (non-hydrogen) atoms. The average Bonchev–Trinajstić information content (AvgIpc) is 2.12. The summed E-state index contributed by atoms with van der Waals surface area (Å²) in [6.45, 7) is 2.30. The third-order valence-corrected chi connectivity index (χ3v) is 3.15. The molecule has 86 valence electrons. The Hall–Kier alpha value is -1.10. The van der Waals surface area contributed by atoms with Crippen LogP contribution >= 0.6 is 0 Å². The van der Waals surface area contributed by atoms with Crippen molar-refractivity contribution < 1.29 is 14.7 Å². The van der Waals surface area contributed by atoms with E-state index < -0.39 is 11.4 Å². The topological polar surface area (TPSA) is 83.6 Å². The lowest BCUT2D eigenvalue weighted by Crippen LogP contribution is -2.53. The minimum absolute atomic E-state index is 0.0962. The van der Waals surface area contributed by atoms with Crippen LogP contribution in [0.4, 0.5) is 0 Å². The molecule has 0 aromatic heterocycles. The van der Waals surface area contributed by atoms with Gasteiger partial charge in [0.25, 0.3) is 0 Å². The van der Waals surface area contributed by atoms with Crippen LogP contribution in [0.25, 0.3) is 0 Å². The molecule has 1 fully saturated rings. The molecule has 1 aliphatic rings. The van der Waals surface area contributed by atoms with Crippen molar-refractivity contribution in [2.45, 2.75) is 26.2 Å². The summed E-state index contributed by atoms with van der Waals surface area (Å²) in [5.74, 6) is -1.07. The highest BCUT2D eigenvalue weighted by atomic mass is 16.4. The van der Waals surface area contributed by atoms with Crippen LogP contribution in [0.1, 0.15) is 26.2 Å². The second-order valence-corrected chi connectivity index (χ2v) is 4.05. The number of carboxylic acid groups (broad SMARTS) is 1. The van der Waals surface area contributed by atoms with Crippen LogP contribution in [0.15, 0.2) is 0 Å². The molecule has 0 unspecified atom stereocenters. The van der Waals surface area contributed by atoms with Crippen LogP contribution in [-0.2, 0) is 9.59 Å². The molecule has 1 saturated carbocycles. The summed E-state index contributed by atoms with van der Waals surface area (Å²) in [4.78, 5) is 24.0. The predicted octanol–water partition coefficient (Wildman–Crippen LogP) is 0.0485. The Bertz CT molecular complexity index is 256. The number of nitrogens with zero attached hydrogens (tertiary/aromatic N) is 1. The highest BCUT2D eigenvalue weighted by molar-refractivity contribution is 5.86. The summed E-state index contributed by atoms with van der Waals surface area (Å²) < 4.78 is 0. The van der Waals surface area contributed by atoms with Crippen molar-refractivity contribution in [3.63, 3.8) is 0 Å². The molecule has 0 aromatic rings. The van der Waals surface area contributed by atoms with Gasteiger partial charge in [0, 0.05) is 13.1 Å². The van der Waals surface area contributed by atoms with E-state index in [4.69, 9.17) is 10.8 Å². The maximum atomic E-state index is 12.0. The Morgan fingerprint density at radius 2 is 2.07 bits per heavy atom. The summed E-state index contributed by atoms with van der Waals surface area (Å²) in [5.41, 5.74) is 5.13. The molecule has 1 amide bonds. The number of hydrogen-bond donors (Lipinski definition) is 2. The lowest BCUT2D eigenvalue weighted by atomic mass is 9.68. The molecular formula is C10H18N2O3. The van der Waals surface area contributed by atoms with Gasteiger partial charge in [-0.15, -0.1) is 0 Å². The zero-order valence-corrected chi connectivity index (χ0v) is 9.03. The van der Waals surface area contributed by atoms with Crippen molar-refractivity contribution in [1.82, 2.24) is 4.90 Å². The van der Waals surface area contributed by atoms with Gasteiger partial charge in [0.1, 0.15) is 6.54 Å². The van der Waals surface area contributed by atoms with Crippen molar-refractivity contribution in [3.8, 4) is 0 Å². The van der Waals surface area contributed by atoms with E-state index in [-0.39, 0.29) is 12.5 Å². The molecule has 5 nitrogen and oxygen atoms in total. The summed E-state index contributed by atoms with van der Waals surface area (Å²) in [6, 6.07) is 0. The number of nitrogens with two attached hydrogens (primary N) is 1. The second kappa shape index (κ2) is 4.61. The molecule has 0 bridgehead atoms. The van der Waals surface area contributed by atoms with Crippen LogP contribution in [-0.4, -0.2) is 41.5 Å². The molecular weight excluding hydrogens is 196 g/mol. The Morgan fingerprint density at radius 3 is 2.33 bits per heavy atom. The monoisotopic (exact) mass is 214 g/mol. The first-order chi connectivity index (χ1) is 7.05. The molecule has 0 heterocycles. The molecule has 0 atom stereocenters. The van der Waals surface area contributed by atoms with Gasteiger partial charge in [0.05, 0.1) is 5.41 Å². The molecule has 1 rings (SSSR count). The first-order valence-electron chi connectivity index (χ1n) is 5.27. The van der Waals surface area contributed by atoms with Gasteiger partial charge >= 0.3 is 5.97 Å². The van der Waals surface area contributed by atoms with Gasteiger partial charge < -0.3 is 15.7 Å². The Kier molecular flexibility index (Phi) is 3.68. The summed E-state index contributed by atoms with van der Waals surface area (Å²) in [5, 5.41) is 8.67. The van der Waals surface area contributed by atoms with Crippen LogP contribution in [0, 0.1) is 5.41 Å². The van der Waals surface area contributed by atoms with Gasteiger partial charge in [-0.05, 0) is 19.8 Å². The van der Waals surface area contributed by atoms with E-state index in [1.807, 2.05) is 0 Å². The van der Waals surface area contributed by atoms with Gasteiger partial charge in [0.15, 0.2) is 0 Å². The Balaban J connectivity index is 2.67. The highest BCUT2D eigenvalue weighted by Crippen LogP contribution is 2.41. The second-order valence-electron chi connectivity index (χ2n) is 4.05. The molecule has 3 N–H and O–H groups in total. The number of likely N-dealkylation sites (N-methyl/N-ethyl adjacent to an activating group) is 1. The fourth-order valence-electron chi connectivity index (χ4n) is 1.93. The predicted molar refractivity (Wildman–Crippen MR) is 55.2 cm³/mol. The molecule has 5 heteroatoms. The van der Waals surface area contributed by atoms with Crippen molar-refractivity contribution >= 4 is 11.9 Å². The zero-order chi connectivity index (χ0) is 11.5. The van der Waals surface area contributed by atoms with Crippen LogP contribution in [0.2, 0.25) is 0 Å². The SMILES string of the molecule is CCN(CC(=O)O)C(=O)C1(CN)CCC1. The van der Waals surface area contributed by atoms with E-state index in [0.717, 1.165) is 19.3 Å². The van der Waals surface area contributed by atoms with Crippen molar-refractivity contribution in [2.24, 2.45) is 11.1 Å². The van der Waals surface area contributed by atoms with Crippen molar-refractivity contribution in [2.75, 3.05) is 19.6 Å². The van der Waals surface area contributed by atoms with Crippen LogP contribution < -0.4 is 5.73 Å². The number of aliphatic carboxylic acids is 1. The number of carbonyl (C=O) groups is 2. The fourth-order valence-corrected chi connectivity index (χ4v) is 1.93. The van der Waals surface area contributed by atoms with E-state index in [0.29, 0.717) is 13.1 Å². The van der Waals surface area contributed by atoms with E-state index in [2.05, 4.69) is 0 Å². The highest BCUT2D eigenvalue weighted by Gasteiger charge is 2.45. The number of carbonyl (C=O) groups excluding carboxylic acids is 1. The fraction of sp³-hybridized carbons (Fsp3) is 0.800. The van der Waals surface area contributed by atoms with E-state index in [1.54, 1.807) is 6.92 Å². The number of carboxylic acids is 1. The lowest BCUT2D eigenvalue weighted by Gasteiger charge is -2.42. The largest absolute Gasteiger partial charge is 0.480 e. The number of amides is 1. The van der Waals surface area contributed by atoms with Gasteiger partial charge in [-0.25, -0.2) is 0 Å². The molecule has 1 aliphatic carbocycles. The van der Waals surface area contributed by atoms with Gasteiger partial charge in [-0.3, -0.25) is 9.59 Å². The number of rotatable bonds is 5. The molecule has 0 saturated heterocycles. The maximum Gasteiger partial charge on any atom is 0.323 e. The number of hydrogen-bond acceptors (Lipinski definition) is 3. The summed E-state index contributed by atoms with van der Waals surface area (Å²) >= 11 is 0. The smallest absolute Gasteiger partial charge is 0.323 e. The zero-order valence-electron chi connectivity index (χ0n) is 9.03.